The quantitative estimate of drug-likeness (QED) is 0.600. The van der Waals surface area contributed by atoms with Gasteiger partial charge in [-0.15, -0.1) is 0 Å². The zero-order valence-electron chi connectivity index (χ0n) is 13.7. The van der Waals surface area contributed by atoms with E-state index < -0.39 is 0 Å². The maximum absolute atomic E-state index is 1.69. The highest BCUT2D eigenvalue weighted by atomic mass is 14.6. The minimum atomic E-state index is 0.848. The van der Waals surface area contributed by atoms with Crippen molar-refractivity contribution in [2.24, 2.45) is 46.3 Å². The van der Waals surface area contributed by atoms with E-state index in [2.05, 4.69) is 0 Å². The fourth-order valence-corrected chi connectivity index (χ4v) is 9.81. The molecule has 0 amide bonds. The van der Waals surface area contributed by atoms with Gasteiger partial charge in [0.25, 0.3) is 0 Å². The second-order valence-corrected chi connectivity index (χ2v) is 11.0. The highest BCUT2D eigenvalue weighted by Crippen LogP contribution is 2.68. The molecule has 0 heteroatoms. The van der Waals surface area contributed by atoms with Crippen LogP contribution in [0.15, 0.2) is 0 Å². The predicted octanol–water partition coefficient (Wildman–Crippen LogP) is 5.81. The number of hydrogen-bond acceptors (Lipinski definition) is 0. The molecule has 0 heterocycles. The van der Waals surface area contributed by atoms with Gasteiger partial charge >= 0.3 is 0 Å². The predicted molar refractivity (Wildman–Crippen MR) is 85.8 cm³/mol. The fourth-order valence-electron chi connectivity index (χ4n) is 9.81. The third kappa shape index (κ3) is 1.80. The van der Waals surface area contributed by atoms with E-state index in [0.29, 0.717) is 0 Å². The van der Waals surface area contributed by atoms with Crippen LogP contribution in [0.3, 0.4) is 0 Å². The first-order chi connectivity index (χ1) is 10.2. The Hall–Kier alpha value is 0. The Bertz CT molecular complexity index is 346. The second-order valence-electron chi connectivity index (χ2n) is 11.0. The lowest BCUT2D eigenvalue weighted by atomic mass is 9.42. The fraction of sp³-hybridized carbons (Fsp3) is 1.00. The van der Waals surface area contributed by atoms with E-state index in [-0.39, 0.29) is 0 Å². The molecule has 0 spiro atoms. The Kier molecular flexibility index (Phi) is 2.31. The lowest BCUT2D eigenvalue weighted by molar-refractivity contribution is -0.125. The summed E-state index contributed by atoms with van der Waals surface area (Å²) in [4.78, 5) is 0. The zero-order valence-corrected chi connectivity index (χ0v) is 13.7. The van der Waals surface area contributed by atoms with Crippen molar-refractivity contribution >= 4 is 0 Å². The smallest absolute Gasteiger partial charge is 0.0284 e. The molecule has 21 heavy (non-hydrogen) atoms. The number of rotatable bonds is 2. The Labute approximate surface area is 130 Å². The third-order valence-electron chi connectivity index (χ3n) is 9.08. The van der Waals surface area contributed by atoms with Gasteiger partial charge in [0.15, 0.2) is 0 Å². The van der Waals surface area contributed by atoms with Crippen molar-refractivity contribution in [1.29, 1.82) is 0 Å². The van der Waals surface area contributed by atoms with Crippen molar-refractivity contribution in [2.45, 2.75) is 83.5 Å². The SMILES string of the molecule is C1C2CC3CC1CC(CC14CC5CC(CC(C5)C1)C4)(C2)C3. The molecule has 8 bridgehead atoms. The summed E-state index contributed by atoms with van der Waals surface area (Å²) in [7, 11) is 0. The molecule has 0 unspecified atom stereocenters. The minimum Gasteiger partial charge on any atom is -0.0475 e. The first-order valence-corrected chi connectivity index (χ1v) is 10.2. The summed E-state index contributed by atoms with van der Waals surface area (Å²) in [5.41, 5.74) is 1.70. The summed E-state index contributed by atoms with van der Waals surface area (Å²) in [5.74, 6) is 6.95. The van der Waals surface area contributed by atoms with Crippen molar-refractivity contribution in [3.05, 3.63) is 0 Å². The highest BCUT2D eigenvalue weighted by molar-refractivity contribution is 5.08. The van der Waals surface area contributed by atoms with Crippen LogP contribution in [0.4, 0.5) is 0 Å². The molecule has 8 saturated carbocycles. The van der Waals surface area contributed by atoms with Gasteiger partial charge in [0.1, 0.15) is 0 Å². The first kappa shape index (κ1) is 12.4. The largest absolute Gasteiger partial charge is 0.0475 e. The molecule has 0 aliphatic heterocycles. The molecule has 0 nitrogen and oxygen atoms in total. The average Bonchev–Trinajstić information content (AvgIpc) is 2.33. The monoisotopic (exact) mass is 284 g/mol. The van der Waals surface area contributed by atoms with Crippen LogP contribution in [-0.4, -0.2) is 0 Å². The Morgan fingerprint density at radius 1 is 0.429 bits per heavy atom. The van der Waals surface area contributed by atoms with Crippen LogP contribution in [0.25, 0.3) is 0 Å². The van der Waals surface area contributed by atoms with Gasteiger partial charge in [-0.3, -0.25) is 0 Å². The Morgan fingerprint density at radius 3 is 0.905 bits per heavy atom. The molecule has 0 atom stereocenters. The minimum absolute atomic E-state index is 0.848. The summed E-state index contributed by atoms with van der Waals surface area (Å²) in [5, 5.41) is 0. The molecule has 0 radical (unpaired) electrons. The van der Waals surface area contributed by atoms with Gasteiger partial charge in [-0.2, -0.15) is 0 Å². The molecule has 8 fully saturated rings. The van der Waals surface area contributed by atoms with Crippen molar-refractivity contribution < 1.29 is 0 Å². The molecular weight excluding hydrogens is 252 g/mol. The standard InChI is InChI=1S/C21H32/c1-14-2-16-3-15(1)8-20(7-14,9-16)13-21-10-17-4-18(11-21)6-19(5-17)12-21/h14-19H,1-13H2. The molecule has 116 valence electrons. The van der Waals surface area contributed by atoms with E-state index in [0.717, 1.165) is 46.3 Å². The van der Waals surface area contributed by atoms with E-state index in [1.165, 1.54) is 0 Å². The molecule has 0 aromatic heterocycles. The van der Waals surface area contributed by atoms with Crippen LogP contribution < -0.4 is 0 Å². The van der Waals surface area contributed by atoms with Crippen molar-refractivity contribution in [2.75, 3.05) is 0 Å². The maximum atomic E-state index is 1.69. The Balaban J connectivity index is 1.31. The van der Waals surface area contributed by atoms with Crippen molar-refractivity contribution in [1.82, 2.24) is 0 Å². The van der Waals surface area contributed by atoms with Gasteiger partial charge in [-0.25, -0.2) is 0 Å². The summed E-state index contributed by atoms with van der Waals surface area (Å²) >= 11 is 0. The molecule has 8 rings (SSSR count). The van der Waals surface area contributed by atoms with Gasteiger partial charge in [0, 0.05) is 0 Å². The lowest BCUT2D eigenvalue weighted by Gasteiger charge is -2.63. The molecular formula is C21H32. The van der Waals surface area contributed by atoms with Crippen LogP contribution in [0.1, 0.15) is 83.5 Å². The van der Waals surface area contributed by atoms with Gasteiger partial charge in [0.05, 0.1) is 0 Å². The first-order valence-electron chi connectivity index (χ1n) is 10.2. The topological polar surface area (TPSA) is 0 Å². The summed E-state index contributed by atoms with van der Waals surface area (Å²) in [6.07, 6.45) is 21.4. The van der Waals surface area contributed by atoms with Crippen LogP contribution in [0, 0.1) is 46.3 Å². The normalized spacial score (nSPS) is 63.4. The van der Waals surface area contributed by atoms with Crippen molar-refractivity contribution in [3.63, 3.8) is 0 Å². The van der Waals surface area contributed by atoms with Gasteiger partial charge in [0.2, 0.25) is 0 Å². The van der Waals surface area contributed by atoms with Gasteiger partial charge in [-0.05, 0) is 130 Å². The molecule has 0 aromatic rings. The highest BCUT2D eigenvalue weighted by Gasteiger charge is 2.57. The van der Waals surface area contributed by atoms with Crippen LogP contribution in [-0.2, 0) is 0 Å². The summed E-state index contributed by atoms with van der Waals surface area (Å²) in [6.45, 7) is 0. The van der Waals surface area contributed by atoms with Gasteiger partial charge < -0.3 is 0 Å². The third-order valence-corrected chi connectivity index (χ3v) is 9.08. The molecule has 0 N–H and O–H groups in total. The molecule has 8 aliphatic carbocycles. The van der Waals surface area contributed by atoms with E-state index in [9.17, 15) is 0 Å². The zero-order chi connectivity index (χ0) is 13.7. The van der Waals surface area contributed by atoms with Crippen LogP contribution in [0.5, 0.6) is 0 Å². The maximum Gasteiger partial charge on any atom is -0.0284 e. The number of hydrogen-bond donors (Lipinski definition) is 0. The Morgan fingerprint density at radius 2 is 0.667 bits per heavy atom. The van der Waals surface area contributed by atoms with Crippen LogP contribution >= 0.6 is 0 Å². The summed E-state index contributed by atoms with van der Waals surface area (Å²) < 4.78 is 0. The van der Waals surface area contributed by atoms with Gasteiger partial charge in [-0.1, -0.05) is 0 Å². The second kappa shape index (κ2) is 3.90. The molecule has 0 saturated heterocycles. The van der Waals surface area contributed by atoms with E-state index in [1.54, 1.807) is 83.5 Å². The lowest BCUT2D eigenvalue weighted by Crippen LogP contribution is -2.52. The van der Waals surface area contributed by atoms with Crippen LogP contribution in [0.2, 0.25) is 0 Å². The van der Waals surface area contributed by atoms with E-state index in [1.807, 2.05) is 0 Å². The van der Waals surface area contributed by atoms with E-state index >= 15 is 0 Å². The molecule has 8 aliphatic rings. The van der Waals surface area contributed by atoms with Crippen molar-refractivity contribution in [3.8, 4) is 0 Å². The summed E-state index contributed by atoms with van der Waals surface area (Å²) in [6, 6.07) is 0. The average molecular weight is 284 g/mol. The van der Waals surface area contributed by atoms with E-state index in [4.69, 9.17) is 0 Å². The molecule has 0 aromatic carbocycles.